The highest BCUT2D eigenvalue weighted by Crippen LogP contribution is 2.14. The first-order valence-electron chi connectivity index (χ1n) is 4.69. The van der Waals surface area contributed by atoms with Crippen LogP contribution in [0.3, 0.4) is 0 Å². The monoisotopic (exact) mass is 267 g/mol. The van der Waals surface area contributed by atoms with E-state index in [4.69, 9.17) is 23.2 Å². The second kappa shape index (κ2) is 5.12. The molecule has 0 fully saturated rings. The molecule has 6 heteroatoms. The third-order valence-electron chi connectivity index (χ3n) is 1.94. The van der Waals surface area contributed by atoms with E-state index in [0.29, 0.717) is 10.7 Å². The molecule has 1 aromatic heterocycles. The van der Waals surface area contributed by atoms with Crippen molar-refractivity contribution in [2.24, 2.45) is 0 Å². The highest BCUT2D eigenvalue weighted by molar-refractivity contribution is 6.30. The van der Waals surface area contributed by atoms with E-state index in [1.54, 1.807) is 24.3 Å². The van der Waals surface area contributed by atoms with Gasteiger partial charge in [0, 0.05) is 10.7 Å². The van der Waals surface area contributed by atoms with E-state index >= 15 is 0 Å². The lowest BCUT2D eigenvalue weighted by atomic mass is 10.3. The van der Waals surface area contributed by atoms with Crippen molar-refractivity contribution in [2.45, 2.75) is 0 Å². The van der Waals surface area contributed by atoms with E-state index in [2.05, 4.69) is 15.3 Å². The molecule has 0 radical (unpaired) electrons. The largest absolute Gasteiger partial charge is 0.321 e. The van der Waals surface area contributed by atoms with Crippen LogP contribution in [0.1, 0.15) is 10.5 Å². The minimum absolute atomic E-state index is 0.160. The van der Waals surface area contributed by atoms with Crippen LogP contribution >= 0.6 is 23.2 Å². The number of carbonyl (C=O) groups is 1. The first-order valence-corrected chi connectivity index (χ1v) is 5.45. The zero-order valence-corrected chi connectivity index (χ0v) is 10.0. The molecule has 86 valence electrons. The molecule has 0 aliphatic carbocycles. The maximum absolute atomic E-state index is 11.7. The number of amides is 1. The molecule has 1 heterocycles. The number of hydrogen-bond acceptors (Lipinski definition) is 3. The van der Waals surface area contributed by atoms with Gasteiger partial charge in [0.2, 0.25) is 0 Å². The lowest BCUT2D eigenvalue weighted by Crippen LogP contribution is -2.13. The van der Waals surface area contributed by atoms with Crippen molar-refractivity contribution in [3.63, 3.8) is 0 Å². The van der Waals surface area contributed by atoms with Gasteiger partial charge < -0.3 is 5.32 Å². The van der Waals surface area contributed by atoms with E-state index in [9.17, 15) is 4.79 Å². The van der Waals surface area contributed by atoms with Crippen molar-refractivity contribution in [2.75, 3.05) is 5.32 Å². The Labute approximate surface area is 108 Å². The normalized spacial score (nSPS) is 10.0. The van der Waals surface area contributed by atoms with Gasteiger partial charge in [0.1, 0.15) is 10.8 Å². The molecule has 0 saturated heterocycles. The molecule has 1 N–H and O–H groups in total. The molecule has 0 saturated carbocycles. The van der Waals surface area contributed by atoms with Crippen LogP contribution in [0.4, 0.5) is 5.69 Å². The molecule has 0 aliphatic rings. The van der Waals surface area contributed by atoms with Crippen molar-refractivity contribution < 1.29 is 4.79 Å². The minimum Gasteiger partial charge on any atom is -0.321 e. The number of hydrogen-bond donors (Lipinski definition) is 1. The van der Waals surface area contributed by atoms with E-state index < -0.39 is 0 Å². The van der Waals surface area contributed by atoms with E-state index in [1.165, 1.54) is 12.4 Å². The van der Waals surface area contributed by atoms with Crippen LogP contribution in [0, 0.1) is 0 Å². The number of nitrogens with zero attached hydrogens (tertiary/aromatic N) is 2. The lowest BCUT2D eigenvalue weighted by Gasteiger charge is -2.04. The Morgan fingerprint density at radius 1 is 1.12 bits per heavy atom. The molecule has 1 aromatic carbocycles. The van der Waals surface area contributed by atoms with Crippen LogP contribution < -0.4 is 5.32 Å². The van der Waals surface area contributed by atoms with Gasteiger partial charge in [-0.15, -0.1) is 0 Å². The molecule has 1 amide bonds. The number of benzene rings is 1. The Morgan fingerprint density at radius 3 is 2.47 bits per heavy atom. The molecule has 17 heavy (non-hydrogen) atoms. The smallest absolute Gasteiger partial charge is 0.275 e. The molecule has 0 aliphatic heterocycles. The third-order valence-corrected chi connectivity index (χ3v) is 2.37. The van der Waals surface area contributed by atoms with Gasteiger partial charge in [-0.05, 0) is 24.3 Å². The van der Waals surface area contributed by atoms with Crippen LogP contribution in [0.5, 0.6) is 0 Å². The summed E-state index contributed by atoms with van der Waals surface area (Å²) in [6.45, 7) is 0. The summed E-state index contributed by atoms with van der Waals surface area (Å²) in [5, 5.41) is 3.43. The molecular formula is C11H7Cl2N3O. The third kappa shape index (κ3) is 3.15. The summed E-state index contributed by atoms with van der Waals surface area (Å²) in [6, 6.07) is 6.75. The maximum atomic E-state index is 11.7. The molecular weight excluding hydrogens is 261 g/mol. The Morgan fingerprint density at radius 2 is 1.82 bits per heavy atom. The average molecular weight is 268 g/mol. The summed E-state index contributed by atoms with van der Waals surface area (Å²) in [5.74, 6) is -0.373. The number of rotatable bonds is 2. The summed E-state index contributed by atoms with van der Waals surface area (Å²) in [6.07, 6.45) is 2.71. The van der Waals surface area contributed by atoms with Gasteiger partial charge in [-0.1, -0.05) is 23.2 Å². The fourth-order valence-corrected chi connectivity index (χ4v) is 1.45. The molecule has 4 nitrogen and oxygen atoms in total. The summed E-state index contributed by atoms with van der Waals surface area (Å²) in [5.41, 5.74) is 0.786. The Kier molecular flexibility index (Phi) is 3.56. The molecule has 2 aromatic rings. The lowest BCUT2D eigenvalue weighted by molar-refractivity contribution is 0.102. The van der Waals surface area contributed by atoms with Crippen LogP contribution in [0.25, 0.3) is 0 Å². The number of carbonyl (C=O) groups excluding carboxylic acids is 1. The minimum atomic E-state index is -0.373. The highest BCUT2D eigenvalue weighted by atomic mass is 35.5. The summed E-state index contributed by atoms with van der Waals surface area (Å²) >= 11 is 11.4. The topological polar surface area (TPSA) is 54.9 Å². The van der Waals surface area contributed by atoms with Gasteiger partial charge in [-0.25, -0.2) is 4.98 Å². The van der Waals surface area contributed by atoms with E-state index in [1.807, 2.05) is 0 Å². The second-order valence-electron chi connectivity index (χ2n) is 3.19. The Hall–Kier alpha value is -1.65. The van der Waals surface area contributed by atoms with Crippen LogP contribution in [0.2, 0.25) is 10.2 Å². The predicted octanol–water partition coefficient (Wildman–Crippen LogP) is 3.04. The Bertz CT molecular complexity index is 543. The first-order chi connectivity index (χ1) is 8.15. The number of halogens is 2. The van der Waals surface area contributed by atoms with Gasteiger partial charge in [-0.3, -0.25) is 9.78 Å². The van der Waals surface area contributed by atoms with Crippen molar-refractivity contribution in [3.8, 4) is 0 Å². The molecule has 0 unspecified atom stereocenters. The van der Waals surface area contributed by atoms with Crippen LogP contribution in [-0.4, -0.2) is 15.9 Å². The van der Waals surface area contributed by atoms with Gasteiger partial charge in [0.25, 0.3) is 5.91 Å². The van der Waals surface area contributed by atoms with Crippen molar-refractivity contribution in [3.05, 3.63) is 52.5 Å². The number of aromatic nitrogens is 2. The van der Waals surface area contributed by atoms with Gasteiger partial charge in [-0.2, -0.15) is 0 Å². The van der Waals surface area contributed by atoms with Crippen molar-refractivity contribution >= 4 is 34.8 Å². The molecule has 0 bridgehead atoms. The molecule has 0 spiro atoms. The second-order valence-corrected chi connectivity index (χ2v) is 4.01. The first kappa shape index (κ1) is 11.8. The van der Waals surface area contributed by atoms with Crippen molar-refractivity contribution in [1.29, 1.82) is 0 Å². The zero-order chi connectivity index (χ0) is 12.3. The summed E-state index contributed by atoms with van der Waals surface area (Å²) < 4.78 is 0. The average Bonchev–Trinajstić information content (AvgIpc) is 2.32. The van der Waals surface area contributed by atoms with Crippen LogP contribution in [0.15, 0.2) is 36.7 Å². The van der Waals surface area contributed by atoms with Gasteiger partial charge >= 0.3 is 0 Å². The summed E-state index contributed by atoms with van der Waals surface area (Å²) in [7, 11) is 0. The summed E-state index contributed by atoms with van der Waals surface area (Å²) in [4.78, 5) is 19.4. The SMILES string of the molecule is O=C(Nc1ccc(Cl)cc1)c1cncc(Cl)n1. The molecule has 2 rings (SSSR count). The van der Waals surface area contributed by atoms with Gasteiger partial charge in [0.15, 0.2) is 0 Å². The van der Waals surface area contributed by atoms with E-state index in [-0.39, 0.29) is 16.8 Å². The maximum Gasteiger partial charge on any atom is 0.275 e. The number of nitrogens with one attached hydrogen (secondary N) is 1. The fraction of sp³-hybridized carbons (Fsp3) is 0. The molecule has 0 atom stereocenters. The highest BCUT2D eigenvalue weighted by Gasteiger charge is 2.08. The fourth-order valence-electron chi connectivity index (χ4n) is 1.18. The predicted molar refractivity (Wildman–Crippen MR) is 66.4 cm³/mol. The van der Waals surface area contributed by atoms with Gasteiger partial charge in [0.05, 0.1) is 12.4 Å². The van der Waals surface area contributed by atoms with Crippen LogP contribution in [-0.2, 0) is 0 Å². The number of anilines is 1. The standard InChI is InChI=1S/C11H7Cl2N3O/c12-7-1-3-8(4-2-7)15-11(17)9-5-14-6-10(13)16-9/h1-6H,(H,15,17). The van der Waals surface area contributed by atoms with Crippen molar-refractivity contribution in [1.82, 2.24) is 9.97 Å². The Balaban J connectivity index is 2.14. The quantitative estimate of drug-likeness (QED) is 0.910. The van der Waals surface area contributed by atoms with E-state index in [0.717, 1.165) is 0 Å². The zero-order valence-electron chi connectivity index (χ0n) is 8.52.